The molecule has 5 heteroatoms. The van der Waals surface area contributed by atoms with Gasteiger partial charge in [-0.3, -0.25) is 4.79 Å². The van der Waals surface area contributed by atoms with Crippen LogP contribution in [-0.4, -0.2) is 36.4 Å². The van der Waals surface area contributed by atoms with E-state index < -0.39 is 11.5 Å². The van der Waals surface area contributed by atoms with E-state index in [1.54, 1.807) is 0 Å². The number of aliphatic hydroxyl groups excluding tert-OH is 1. The summed E-state index contributed by atoms with van der Waals surface area (Å²) in [6, 6.07) is 7.41. The highest BCUT2D eigenvalue weighted by Crippen LogP contribution is 2.40. The van der Waals surface area contributed by atoms with Crippen molar-refractivity contribution in [1.29, 1.82) is 0 Å². The van der Waals surface area contributed by atoms with Crippen LogP contribution < -0.4 is 5.32 Å². The third kappa shape index (κ3) is 3.54. The van der Waals surface area contributed by atoms with Gasteiger partial charge in [0.1, 0.15) is 0 Å². The molecule has 2 N–H and O–H groups in total. The van der Waals surface area contributed by atoms with Gasteiger partial charge >= 0.3 is 0 Å². The number of benzene rings is 1. The van der Waals surface area contributed by atoms with Crippen LogP contribution in [-0.2, 0) is 14.9 Å². The zero-order chi connectivity index (χ0) is 16.3. The lowest BCUT2D eigenvalue weighted by Crippen LogP contribution is -2.55. The number of hydrogen-bond donors (Lipinski definition) is 2. The van der Waals surface area contributed by atoms with E-state index in [1.807, 2.05) is 24.3 Å². The topological polar surface area (TPSA) is 58.6 Å². The first kappa shape index (κ1) is 16.7. The zero-order valence-electron chi connectivity index (χ0n) is 13.3. The maximum absolute atomic E-state index is 13.1. The smallest absolute Gasteiger partial charge is 0.230 e. The molecule has 2 fully saturated rings. The Hall–Kier alpha value is -1.10. The normalized spacial score (nSPS) is 27.4. The third-order valence-corrected chi connectivity index (χ3v) is 5.43. The van der Waals surface area contributed by atoms with E-state index in [1.165, 1.54) is 6.42 Å². The van der Waals surface area contributed by atoms with Crippen LogP contribution in [0.25, 0.3) is 0 Å². The molecule has 1 aromatic carbocycles. The fourth-order valence-corrected chi connectivity index (χ4v) is 3.89. The molecule has 1 aliphatic heterocycles. The average Bonchev–Trinajstić information content (AvgIpc) is 2.58. The predicted octanol–water partition coefficient (Wildman–Crippen LogP) is 2.81. The van der Waals surface area contributed by atoms with E-state index in [0.29, 0.717) is 24.7 Å². The summed E-state index contributed by atoms with van der Waals surface area (Å²) >= 11 is 6.00. The predicted molar refractivity (Wildman–Crippen MR) is 89.6 cm³/mol. The van der Waals surface area contributed by atoms with Crippen molar-refractivity contribution in [1.82, 2.24) is 5.32 Å². The summed E-state index contributed by atoms with van der Waals surface area (Å²) in [6.45, 7) is 0.870. The number of halogens is 1. The molecule has 126 valence electrons. The molecular formula is C18H24ClNO3. The van der Waals surface area contributed by atoms with Crippen molar-refractivity contribution in [2.24, 2.45) is 0 Å². The average molecular weight is 338 g/mol. The van der Waals surface area contributed by atoms with Crippen LogP contribution in [0.5, 0.6) is 0 Å². The van der Waals surface area contributed by atoms with Crippen LogP contribution in [0.1, 0.15) is 44.1 Å². The largest absolute Gasteiger partial charge is 0.389 e. The van der Waals surface area contributed by atoms with Crippen molar-refractivity contribution in [3.63, 3.8) is 0 Å². The summed E-state index contributed by atoms with van der Waals surface area (Å²) in [7, 11) is 0. The van der Waals surface area contributed by atoms with Gasteiger partial charge in [0, 0.05) is 11.6 Å². The van der Waals surface area contributed by atoms with Gasteiger partial charge in [-0.1, -0.05) is 43.0 Å². The second kappa shape index (κ2) is 7.20. The molecule has 1 aromatic rings. The maximum atomic E-state index is 13.1. The van der Waals surface area contributed by atoms with Crippen LogP contribution >= 0.6 is 11.6 Å². The third-order valence-electron chi connectivity index (χ3n) is 5.18. The van der Waals surface area contributed by atoms with E-state index in [0.717, 1.165) is 31.2 Å². The number of amides is 1. The number of hydrogen-bond acceptors (Lipinski definition) is 3. The number of aliphatic hydroxyl groups is 1. The highest BCUT2D eigenvalue weighted by atomic mass is 35.5. The number of rotatable bonds is 3. The molecule has 1 aliphatic carbocycles. The first-order valence-electron chi connectivity index (χ1n) is 8.45. The molecular weight excluding hydrogens is 314 g/mol. The van der Waals surface area contributed by atoms with Gasteiger partial charge in [-0.15, -0.1) is 0 Å². The molecule has 23 heavy (non-hydrogen) atoms. The number of carbonyl (C=O) groups excluding carboxylic acids is 1. The van der Waals surface area contributed by atoms with Crippen LogP contribution in [0.2, 0.25) is 5.02 Å². The van der Waals surface area contributed by atoms with Crippen LogP contribution in [0, 0.1) is 0 Å². The van der Waals surface area contributed by atoms with Gasteiger partial charge in [0.05, 0.1) is 24.2 Å². The number of nitrogens with one attached hydrogen (secondary N) is 1. The summed E-state index contributed by atoms with van der Waals surface area (Å²) in [5.41, 5.74) is 0.529. The molecule has 1 saturated carbocycles. The van der Waals surface area contributed by atoms with Gasteiger partial charge in [-0.2, -0.15) is 0 Å². The summed E-state index contributed by atoms with van der Waals surface area (Å²) in [4.78, 5) is 13.1. The maximum Gasteiger partial charge on any atom is 0.230 e. The Balaban J connectivity index is 1.83. The highest BCUT2D eigenvalue weighted by Gasteiger charge is 2.42. The summed E-state index contributed by atoms with van der Waals surface area (Å²) < 4.78 is 5.25. The fraction of sp³-hybridized carbons (Fsp3) is 0.611. The molecule has 1 amide bonds. The standard InChI is InChI=1S/C18H24ClNO3/c19-14-6-4-13(5-7-14)18(9-2-1-3-10-18)17(22)20-15-8-11-23-12-16(15)21/h4-7,15-16,21H,1-3,8-12H2,(H,20,22)/t15-,16-/m1/s1. The molecule has 3 rings (SSSR count). The zero-order valence-corrected chi connectivity index (χ0v) is 14.0. The second-order valence-electron chi connectivity index (χ2n) is 6.66. The van der Waals surface area contributed by atoms with E-state index >= 15 is 0 Å². The lowest BCUT2D eigenvalue weighted by atomic mass is 9.68. The Morgan fingerprint density at radius 1 is 1.22 bits per heavy atom. The van der Waals surface area contributed by atoms with E-state index in [2.05, 4.69) is 5.32 Å². The van der Waals surface area contributed by atoms with Gasteiger partial charge in [0.15, 0.2) is 0 Å². The number of carbonyl (C=O) groups is 1. The Morgan fingerprint density at radius 3 is 2.57 bits per heavy atom. The van der Waals surface area contributed by atoms with Gasteiger partial charge in [-0.25, -0.2) is 0 Å². The first-order chi connectivity index (χ1) is 11.1. The van der Waals surface area contributed by atoms with Crippen molar-refractivity contribution in [2.45, 2.75) is 56.1 Å². The lowest BCUT2D eigenvalue weighted by molar-refractivity contribution is -0.131. The minimum Gasteiger partial charge on any atom is -0.389 e. The van der Waals surface area contributed by atoms with Gasteiger partial charge in [0.2, 0.25) is 5.91 Å². The molecule has 1 saturated heterocycles. The number of ether oxygens (including phenoxy) is 1. The SMILES string of the molecule is O=C(N[C@@H]1CCOC[C@H]1O)C1(c2ccc(Cl)cc2)CCCCC1. The Bertz CT molecular complexity index is 540. The molecule has 4 nitrogen and oxygen atoms in total. The minimum absolute atomic E-state index is 0.0328. The van der Waals surface area contributed by atoms with Gasteiger partial charge in [-0.05, 0) is 37.0 Å². The van der Waals surface area contributed by atoms with Crippen molar-refractivity contribution >= 4 is 17.5 Å². The van der Waals surface area contributed by atoms with E-state index in [9.17, 15) is 9.90 Å². The monoisotopic (exact) mass is 337 g/mol. The van der Waals surface area contributed by atoms with Crippen molar-refractivity contribution in [2.75, 3.05) is 13.2 Å². The molecule has 0 radical (unpaired) electrons. The molecule has 0 aromatic heterocycles. The Morgan fingerprint density at radius 2 is 1.91 bits per heavy atom. The Labute approximate surface area is 142 Å². The lowest BCUT2D eigenvalue weighted by Gasteiger charge is -2.39. The highest BCUT2D eigenvalue weighted by molar-refractivity contribution is 6.30. The molecule has 1 heterocycles. The molecule has 2 atom stereocenters. The van der Waals surface area contributed by atoms with Crippen LogP contribution in [0.4, 0.5) is 0 Å². The molecule has 0 bridgehead atoms. The second-order valence-corrected chi connectivity index (χ2v) is 7.10. The van der Waals surface area contributed by atoms with Crippen LogP contribution in [0.15, 0.2) is 24.3 Å². The van der Waals surface area contributed by atoms with Gasteiger partial charge in [0.25, 0.3) is 0 Å². The fourth-order valence-electron chi connectivity index (χ4n) is 3.77. The summed E-state index contributed by atoms with van der Waals surface area (Å²) in [5.74, 6) is 0.0328. The quantitative estimate of drug-likeness (QED) is 0.891. The van der Waals surface area contributed by atoms with E-state index in [4.69, 9.17) is 16.3 Å². The van der Waals surface area contributed by atoms with Crippen molar-refractivity contribution in [3.05, 3.63) is 34.9 Å². The van der Waals surface area contributed by atoms with Crippen molar-refractivity contribution in [3.8, 4) is 0 Å². The summed E-state index contributed by atoms with van der Waals surface area (Å²) in [6.07, 6.45) is 4.99. The first-order valence-corrected chi connectivity index (χ1v) is 8.82. The van der Waals surface area contributed by atoms with E-state index in [-0.39, 0.29) is 11.9 Å². The van der Waals surface area contributed by atoms with Gasteiger partial charge < -0.3 is 15.2 Å². The summed E-state index contributed by atoms with van der Waals surface area (Å²) in [5, 5.41) is 13.8. The van der Waals surface area contributed by atoms with Crippen LogP contribution in [0.3, 0.4) is 0 Å². The molecule has 0 spiro atoms. The molecule has 2 aliphatic rings. The minimum atomic E-state index is -0.626. The molecule has 0 unspecified atom stereocenters. The Kier molecular flexibility index (Phi) is 5.24. The van der Waals surface area contributed by atoms with Crippen molar-refractivity contribution < 1.29 is 14.6 Å².